The number of aromatic nitrogens is 1. The molecule has 0 spiro atoms. The molecule has 0 saturated carbocycles. The summed E-state index contributed by atoms with van der Waals surface area (Å²) < 4.78 is 1.70. The van der Waals surface area contributed by atoms with Gasteiger partial charge in [-0.05, 0) is 34.1 Å². The summed E-state index contributed by atoms with van der Waals surface area (Å²) in [5.41, 5.74) is 0.935. The van der Waals surface area contributed by atoms with Gasteiger partial charge in [0.25, 0.3) is 0 Å². The lowest BCUT2D eigenvalue weighted by atomic mass is 10.4. The first-order valence-corrected chi connectivity index (χ1v) is 6.81. The Morgan fingerprint density at radius 1 is 1.38 bits per heavy atom. The summed E-state index contributed by atoms with van der Waals surface area (Å²) in [5.74, 6) is 0. The highest BCUT2D eigenvalue weighted by Crippen LogP contribution is 2.32. The Morgan fingerprint density at radius 2 is 2.19 bits per heavy atom. The molecule has 2 aromatic heterocycles. The van der Waals surface area contributed by atoms with Crippen molar-refractivity contribution in [2.45, 2.75) is 6.54 Å². The predicted octanol–water partition coefficient (Wildman–Crippen LogP) is 4.82. The molecule has 0 aliphatic heterocycles. The first kappa shape index (κ1) is 12.2. The highest BCUT2D eigenvalue weighted by Gasteiger charge is 2.04. The van der Waals surface area contributed by atoms with Crippen molar-refractivity contribution in [2.24, 2.45) is 0 Å². The third-order valence-electron chi connectivity index (χ3n) is 1.89. The van der Waals surface area contributed by atoms with E-state index in [1.165, 1.54) is 0 Å². The molecule has 0 bridgehead atoms. The van der Waals surface area contributed by atoms with Gasteiger partial charge in [0.05, 0.1) is 11.9 Å². The van der Waals surface area contributed by atoms with E-state index in [0.717, 1.165) is 25.9 Å². The van der Waals surface area contributed by atoms with Crippen molar-refractivity contribution in [3.05, 3.63) is 43.2 Å². The van der Waals surface area contributed by atoms with Gasteiger partial charge in [0.2, 0.25) is 0 Å². The molecule has 0 atom stereocenters. The number of nitrogens with one attached hydrogen (secondary N) is 1. The van der Waals surface area contributed by atoms with E-state index in [9.17, 15) is 0 Å². The van der Waals surface area contributed by atoms with Crippen LogP contribution in [0.2, 0.25) is 9.49 Å². The average molecular weight is 338 g/mol. The smallest absolute Gasteiger partial charge is 0.129 e. The van der Waals surface area contributed by atoms with E-state index in [-0.39, 0.29) is 0 Å². The predicted molar refractivity (Wildman–Crippen MR) is 73.6 cm³/mol. The van der Waals surface area contributed by atoms with Crippen LogP contribution in [0.1, 0.15) is 4.88 Å². The van der Waals surface area contributed by atoms with Gasteiger partial charge < -0.3 is 5.32 Å². The molecule has 0 radical (unpaired) electrons. The van der Waals surface area contributed by atoms with Crippen molar-refractivity contribution in [3.8, 4) is 0 Å². The molecule has 0 aliphatic carbocycles. The normalized spacial score (nSPS) is 10.4. The minimum absolute atomic E-state index is 0.493. The van der Waals surface area contributed by atoms with Gasteiger partial charge in [-0.15, -0.1) is 11.3 Å². The molecule has 2 aromatic rings. The third-order valence-corrected chi connectivity index (χ3v) is 4.59. The minimum atomic E-state index is 0.493. The third kappa shape index (κ3) is 3.10. The minimum Gasteiger partial charge on any atom is -0.379 e. The summed E-state index contributed by atoms with van der Waals surface area (Å²) in [6, 6.07) is 5.64. The Balaban J connectivity index is 1.99. The number of pyridine rings is 1. The van der Waals surface area contributed by atoms with Crippen molar-refractivity contribution in [3.63, 3.8) is 0 Å². The topological polar surface area (TPSA) is 24.9 Å². The van der Waals surface area contributed by atoms with Gasteiger partial charge in [-0.1, -0.05) is 23.2 Å². The number of rotatable bonds is 3. The van der Waals surface area contributed by atoms with E-state index in [4.69, 9.17) is 23.2 Å². The summed E-state index contributed by atoms with van der Waals surface area (Å²) >= 11 is 16.6. The second kappa shape index (κ2) is 5.36. The van der Waals surface area contributed by atoms with E-state index in [0.29, 0.717) is 5.15 Å². The molecule has 0 aliphatic rings. The number of thiophene rings is 1. The maximum atomic E-state index is 5.95. The van der Waals surface area contributed by atoms with Gasteiger partial charge in [-0.2, -0.15) is 0 Å². The van der Waals surface area contributed by atoms with E-state index in [1.807, 2.05) is 12.1 Å². The molecule has 2 nitrogen and oxygen atoms in total. The van der Waals surface area contributed by atoms with Crippen LogP contribution in [-0.2, 0) is 6.54 Å². The first-order valence-electron chi connectivity index (χ1n) is 4.44. The summed E-state index contributed by atoms with van der Waals surface area (Å²) in [6.07, 6.45) is 1.70. The van der Waals surface area contributed by atoms with Gasteiger partial charge in [0, 0.05) is 15.9 Å². The van der Waals surface area contributed by atoms with Crippen LogP contribution in [0.25, 0.3) is 0 Å². The zero-order valence-corrected chi connectivity index (χ0v) is 11.9. The number of halogens is 3. The first-order chi connectivity index (χ1) is 7.65. The summed E-state index contributed by atoms with van der Waals surface area (Å²) in [6.45, 7) is 0.722. The second-order valence-corrected chi connectivity index (χ2v) is 6.04. The van der Waals surface area contributed by atoms with E-state index in [2.05, 4.69) is 26.2 Å². The Hall–Kier alpha value is -0.290. The molecule has 2 rings (SSSR count). The quantitative estimate of drug-likeness (QED) is 0.812. The van der Waals surface area contributed by atoms with Crippen LogP contribution in [0, 0.1) is 0 Å². The Kier molecular flexibility index (Phi) is 4.08. The van der Waals surface area contributed by atoms with Crippen molar-refractivity contribution in [2.75, 3.05) is 5.32 Å². The summed E-state index contributed by atoms with van der Waals surface area (Å²) in [4.78, 5) is 5.14. The molecular formula is C10H7BrCl2N2S. The maximum Gasteiger partial charge on any atom is 0.129 e. The lowest BCUT2D eigenvalue weighted by Gasteiger charge is -2.03. The van der Waals surface area contributed by atoms with Crippen LogP contribution in [-0.4, -0.2) is 4.98 Å². The fourth-order valence-corrected chi connectivity index (χ4v) is 2.99. The fourth-order valence-electron chi connectivity index (χ4n) is 1.15. The van der Waals surface area contributed by atoms with Crippen LogP contribution in [0.5, 0.6) is 0 Å². The summed E-state index contributed by atoms with van der Waals surface area (Å²) in [5, 5.41) is 3.73. The van der Waals surface area contributed by atoms with E-state index < -0.39 is 0 Å². The highest BCUT2D eigenvalue weighted by molar-refractivity contribution is 9.10. The number of hydrogen-bond donors (Lipinski definition) is 1. The summed E-state index contributed by atoms with van der Waals surface area (Å²) in [7, 11) is 0. The zero-order valence-electron chi connectivity index (χ0n) is 8.01. The molecule has 2 heterocycles. The van der Waals surface area contributed by atoms with Crippen molar-refractivity contribution in [1.82, 2.24) is 4.98 Å². The van der Waals surface area contributed by atoms with Crippen molar-refractivity contribution < 1.29 is 0 Å². The monoisotopic (exact) mass is 336 g/mol. The zero-order chi connectivity index (χ0) is 11.5. The van der Waals surface area contributed by atoms with Crippen molar-refractivity contribution >= 4 is 56.2 Å². The van der Waals surface area contributed by atoms with Gasteiger partial charge in [-0.25, -0.2) is 4.98 Å². The Bertz CT molecular complexity index is 465. The van der Waals surface area contributed by atoms with Gasteiger partial charge >= 0.3 is 0 Å². The van der Waals surface area contributed by atoms with Crippen LogP contribution in [0.15, 0.2) is 28.9 Å². The second-order valence-electron chi connectivity index (χ2n) is 3.06. The van der Waals surface area contributed by atoms with Crippen LogP contribution in [0.4, 0.5) is 5.69 Å². The van der Waals surface area contributed by atoms with Crippen LogP contribution in [0.3, 0.4) is 0 Å². The standard InChI is InChI=1S/C10H7BrCl2N2S/c11-8-3-7(16-10(8)13)5-14-6-1-2-9(12)15-4-6/h1-4,14H,5H2. The number of anilines is 1. The highest BCUT2D eigenvalue weighted by atomic mass is 79.9. The SMILES string of the molecule is Clc1ccc(NCc2cc(Br)c(Cl)s2)cn1. The van der Waals surface area contributed by atoms with Crippen molar-refractivity contribution in [1.29, 1.82) is 0 Å². The molecule has 0 fully saturated rings. The molecule has 6 heteroatoms. The fraction of sp³-hybridized carbons (Fsp3) is 0.100. The molecule has 0 saturated heterocycles. The number of nitrogens with zero attached hydrogens (tertiary/aromatic N) is 1. The molecule has 84 valence electrons. The average Bonchev–Trinajstić information content (AvgIpc) is 2.58. The Morgan fingerprint density at radius 3 is 2.75 bits per heavy atom. The van der Waals surface area contributed by atoms with Crippen LogP contribution >= 0.6 is 50.5 Å². The van der Waals surface area contributed by atoms with Crippen LogP contribution < -0.4 is 5.32 Å². The molecule has 0 amide bonds. The van der Waals surface area contributed by atoms with Gasteiger partial charge in [0.15, 0.2) is 0 Å². The van der Waals surface area contributed by atoms with E-state index in [1.54, 1.807) is 23.6 Å². The Labute approximate surface area is 116 Å². The van der Waals surface area contributed by atoms with E-state index >= 15 is 0 Å². The van der Waals surface area contributed by atoms with Gasteiger partial charge in [-0.3, -0.25) is 0 Å². The van der Waals surface area contributed by atoms with Gasteiger partial charge in [0.1, 0.15) is 9.49 Å². The lowest BCUT2D eigenvalue weighted by molar-refractivity contribution is 1.17. The lowest BCUT2D eigenvalue weighted by Crippen LogP contribution is -1.97. The largest absolute Gasteiger partial charge is 0.379 e. The molecular weight excluding hydrogens is 331 g/mol. The molecule has 16 heavy (non-hydrogen) atoms. The number of hydrogen-bond acceptors (Lipinski definition) is 3. The maximum absolute atomic E-state index is 5.95. The molecule has 0 aromatic carbocycles. The molecule has 1 N–H and O–H groups in total. The molecule has 0 unspecified atom stereocenters.